The normalized spacial score (nSPS) is 11.6. The zero-order chi connectivity index (χ0) is 22.2. The van der Waals surface area contributed by atoms with Gasteiger partial charge in [-0.05, 0) is 55.3 Å². The van der Waals surface area contributed by atoms with Crippen LogP contribution in [-0.4, -0.2) is 30.5 Å². The molecule has 0 spiro atoms. The Kier molecular flexibility index (Phi) is 5.60. The fourth-order valence-electron chi connectivity index (χ4n) is 3.32. The average molecular weight is 452 g/mol. The van der Waals surface area contributed by atoms with Crippen LogP contribution in [0, 0.1) is 13.8 Å². The van der Waals surface area contributed by atoms with Crippen molar-refractivity contribution in [2.45, 2.75) is 25.3 Å². The minimum atomic E-state index is -3.58. The molecular formula is C23H21N3O3S2. The minimum Gasteiger partial charge on any atom is -0.278 e. The molecule has 0 fully saturated rings. The molecular weight excluding hydrogens is 430 g/mol. The van der Waals surface area contributed by atoms with Crippen molar-refractivity contribution >= 4 is 42.4 Å². The van der Waals surface area contributed by atoms with E-state index in [1.54, 1.807) is 24.4 Å². The van der Waals surface area contributed by atoms with E-state index < -0.39 is 15.7 Å². The molecule has 0 atom stereocenters. The SMILES string of the molecule is Cc1ccc2sc(N(Cc3ccccn3)C(=O)c3ccccc3S(C)(=O)=O)nc2c1C. The summed E-state index contributed by atoms with van der Waals surface area (Å²) in [5, 5.41) is 0.502. The van der Waals surface area contributed by atoms with Gasteiger partial charge < -0.3 is 0 Å². The summed E-state index contributed by atoms with van der Waals surface area (Å²) in [6.07, 6.45) is 2.76. The van der Waals surface area contributed by atoms with E-state index in [1.165, 1.54) is 28.4 Å². The zero-order valence-electron chi connectivity index (χ0n) is 17.4. The van der Waals surface area contributed by atoms with Gasteiger partial charge in [-0.15, -0.1) is 0 Å². The molecule has 2 aromatic carbocycles. The molecule has 158 valence electrons. The predicted molar refractivity (Wildman–Crippen MR) is 123 cm³/mol. The van der Waals surface area contributed by atoms with Crippen molar-refractivity contribution in [3.05, 3.63) is 83.2 Å². The third-order valence-electron chi connectivity index (χ3n) is 5.11. The number of anilines is 1. The molecule has 2 heterocycles. The van der Waals surface area contributed by atoms with Crippen molar-refractivity contribution in [2.75, 3.05) is 11.2 Å². The van der Waals surface area contributed by atoms with Crippen LogP contribution < -0.4 is 4.90 Å². The van der Waals surface area contributed by atoms with Crippen LogP contribution in [0.3, 0.4) is 0 Å². The number of hydrogen-bond donors (Lipinski definition) is 0. The van der Waals surface area contributed by atoms with Crippen LogP contribution in [0.1, 0.15) is 27.2 Å². The molecule has 0 N–H and O–H groups in total. The standard InChI is InChI=1S/C23H21N3O3S2/c1-15-11-12-19-21(16(15)2)25-23(30-19)26(14-17-8-6-7-13-24-17)22(27)18-9-4-5-10-20(18)31(3,28)29/h4-13H,14H2,1-3H3. The van der Waals surface area contributed by atoms with Gasteiger partial charge in [0.05, 0.1) is 32.9 Å². The predicted octanol–water partition coefficient (Wildman–Crippen LogP) is 4.56. The molecule has 31 heavy (non-hydrogen) atoms. The van der Waals surface area contributed by atoms with Gasteiger partial charge in [0.1, 0.15) is 0 Å². The summed E-state index contributed by atoms with van der Waals surface area (Å²) in [7, 11) is -3.58. The Bertz CT molecular complexity index is 1380. The molecule has 0 saturated heterocycles. The molecule has 0 aliphatic heterocycles. The van der Waals surface area contributed by atoms with E-state index in [0.29, 0.717) is 10.8 Å². The quantitative estimate of drug-likeness (QED) is 0.444. The highest BCUT2D eigenvalue weighted by Gasteiger charge is 2.27. The van der Waals surface area contributed by atoms with Gasteiger partial charge >= 0.3 is 0 Å². The number of hydrogen-bond acceptors (Lipinski definition) is 6. The number of carbonyl (C=O) groups excluding carboxylic acids is 1. The molecule has 6 nitrogen and oxygen atoms in total. The Morgan fingerprint density at radius 2 is 1.77 bits per heavy atom. The highest BCUT2D eigenvalue weighted by molar-refractivity contribution is 7.90. The van der Waals surface area contributed by atoms with Crippen LogP contribution in [-0.2, 0) is 16.4 Å². The van der Waals surface area contributed by atoms with Gasteiger partial charge in [-0.2, -0.15) is 0 Å². The topological polar surface area (TPSA) is 80.2 Å². The van der Waals surface area contributed by atoms with E-state index in [2.05, 4.69) is 4.98 Å². The molecule has 4 rings (SSSR count). The smallest absolute Gasteiger partial charge is 0.261 e. The number of aryl methyl sites for hydroxylation is 2. The maximum atomic E-state index is 13.6. The summed E-state index contributed by atoms with van der Waals surface area (Å²) in [6.45, 7) is 4.20. The lowest BCUT2D eigenvalue weighted by Gasteiger charge is -2.20. The summed E-state index contributed by atoms with van der Waals surface area (Å²) in [5.74, 6) is -0.430. The minimum absolute atomic E-state index is 0.000781. The lowest BCUT2D eigenvalue weighted by molar-refractivity contribution is 0.0981. The Morgan fingerprint density at radius 3 is 2.48 bits per heavy atom. The Morgan fingerprint density at radius 1 is 1.03 bits per heavy atom. The van der Waals surface area contributed by atoms with Crippen molar-refractivity contribution in [3.8, 4) is 0 Å². The second-order valence-electron chi connectivity index (χ2n) is 7.33. The average Bonchev–Trinajstić information content (AvgIpc) is 3.19. The van der Waals surface area contributed by atoms with E-state index in [4.69, 9.17) is 4.98 Å². The van der Waals surface area contributed by atoms with Gasteiger partial charge in [0.2, 0.25) is 0 Å². The summed E-state index contributed by atoms with van der Waals surface area (Å²) >= 11 is 1.40. The monoisotopic (exact) mass is 451 g/mol. The molecule has 0 aliphatic rings. The molecule has 0 radical (unpaired) electrons. The van der Waals surface area contributed by atoms with E-state index in [0.717, 1.165) is 27.6 Å². The van der Waals surface area contributed by atoms with Gasteiger partial charge in [-0.3, -0.25) is 14.7 Å². The third-order valence-corrected chi connectivity index (χ3v) is 7.31. The Labute approximate surface area is 185 Å². The van der Waals surface area contributed by atoms with Crippen molar-refractivity contribution in [2.24, 2.45) is 0 Å². The lowest BCUT2D eigenvalue weighted by Crippen LogP contribution is -2.31. The van der Waals surface area contributed by atoms with Crippen molar-refractivity contribution in [1.29, 1.82) is 0 Å². The van der Waals surface area contributed by atoms with Crippen LogP contribution >= 0.6 is 11.3 Å². The number of fused-ring (bicyclic) bond motifs is 1. The van der Waals surface area contributed by atoms with Crippen LogP contribution in [0.4, 0.5) is 5.13 Å². The first kappa shape index (κ1) is 21.1. The second-order valence-corrected chi connectivity index (χ2v) is 10.3. The highest BCUT2D eigenvalue weighted by Crippen LogP contribution is 2.34. The Hall–Kier alpha value is -3.10. The van der Waals surface area contributed by atoms with Gasteiger partial charge in [-0.25, -0.2) is 13.4 Å². The van der Waals surface area contributed by atoms with Crippen molar-refractivity contribution in [3.63, 3.8) is 0 Å². The van der Waals surface area contributed by atoms with Gasteiger partial charge in [0, 0.05) is 12.5 Å². The van der Waals surface area contributed by atoms with Crippen LogP contribution in [0.25, 0.3) is 10.2 Å². The van der Waals surface area contributed by atoms with Crippen molar-refractivity contribution in [1.82, 2.24) is 9.97 Å². The van der Waals surface area contributed by atoms with Crippen molar-refractivity contribution < 1.29 is 13.2 Å². The summed E-state index contributed by atoms with van der Waals surface area (Å²) in [4.78, 5) is 24.2. The summed E-state index contributed by atoms with van der Waals surface area (Å²) < 4.78 is 25.6. The molecule has 8 heteroatoms. The number of carbonyl (C=O) groups is 1. The summed E-state index contributed by atoms with van der Waals surface area (Å²) in [6, 6.07) is 15.8. The van der Waals surface area contributed by atoms with Gasteiger partial charge in [0.25, 0.3) is 5.91 Å². The largest absolute Gasteiger partial charge is 0.278 e. The first-order valence-corrected chi connectivity index (χ1v) is 12.3. The third kappa shape index (κ3) is 4.22. The van der Waals surface area contributed by atoms with Gasteiger partial charge in [-0.1, -0.05) is 35.6 Å². The zero-order valence-corrected chi connectivity index (χ0v) is 19.0. The first-order valence-electron chi connectivity index (χ1n) is 9.63. The van der Waals surface area contributed by atoms with E-state index in [1.807, 2.05) is 38.1 Å². The number of rotatable bonds is 5. The molecule has 0 aliphatic carbocycles. The number of benzene rings is 2. The van der Waals surface area contributed by atoms with Crippen LogP contribution in [0.15, 0.2) is 65.7 Å². The fraction of sp³-hybridized carbons (Fsp3) is 0.174. The maximum absolute atomic E-state index is 13.6. The van der Waals surface area contributed by atoms with Crippen LogP contribution in [0.2, 0.25) is 0 Å². The maximum Gasteiger partial charge on any atom is 0.261 e. The number of amides is 1. The highest BCUT2D eigenvalue weighted by atomic mass is 32.2. The molecule has 0 unspecified atom stereocenters. The number of thiazole rings is 1. The molecule has 2 aromatic heterocycles. The van der Waals surface area contributed by atoms with E-state index in [9.17, 15) is 13.2 Å². The van der Waals surface area contributed by atoms with E-state index >= 15 is 0 Å². The fourth-order valence-corrected chi connectivity index (χ4v) is 5.23. The number of aromatic nitrogens is 2. The van der Waals surface area contributed by atoms with Gasteiger partial charge in [0.15, 0.2) is 15.0 Å². The number of nitrogens with zero attached hydrogens (tertiary/aromatic N) is 3. The number of sulfone groups is 1. The molecule has 0 bridgehead atoms. The molecule has 1 amide bonds. The Balaban J connectivity index is 1.87. The molecule has 4 aromatic rings. The summed E-state index contributed by atoms with van der Waals surface area (Å²) in [5.41, 5.74) is 3.82. The lowest BCUT2D eigenvalue weighted by atomic mass is 10.1. The number of pyridine rings is 1. The molecule has 0 saturated carbocycles. The first-order chi connectivity index (χ1) is 14.8. The van der Waals surface area contributed by atoms with E-state index in [-0.39, 0.29) is 17.0 Å². The second kappa shape index (κ2) is 8.20. The van der Waals surface area contributed by atoms with Crippen LogP contribution in [0.5, 0.6) is 0 Å².